The average Bonchev–Trinajstić information content (AvgIpc) is 3.42. The van der Waals surface area contributed by atoms with Crippen molar-refractivity contribution in [3.05, 3.63) is 83.2 Å². The van der Waals surface area contributed by atoms with Crippen LogP contribution in [0, 0.1) is 24.4 Å². The molecular weight excluding hydrogens is 567 g/mol. The molecule has 0 aliphatic heterocycles. The average molecular weight is 598 g/mol. The molecule has 3 aromatic heterocycles. The van der Waals surface area contributed by atoms with Gasteiger partial charge in [0, 0.05) is 6.07 Å². The van der Waals surface area contributed by atoms with E-state index in [0.29, 0.717) is 23.1 Å². The molecule has 0 spiro atoms. The molecule has 0 unspecified atom stereocenters. The number of alkyl carbamates (subject to hydrolysis) is 1. The third-order valence-corrected chi connectivity index (χ3v) is 5.98. The summed E-state index contributed by atoms with van der Waals surface area (Å²) in [6.07, 6.45) is 3.63. The van der Waals surface area contributed by atoms with Gasteiger partial charge in [0.05, 0.1) is 47.6 Å². The molecule has 2 atom stereocenters. The number of ether oxygens (including phenoxy) is 1. The largest absolute Gasteiger partial charge is 0.444 e. The van der Waals surface area contributed by atoms with Gasteiger partial charge in [-0.05, 0) is 64.4 Å². The lowest BCUT2D eigenvalue weighted by Crippen LogP contribution is -2.42. The van der Waals surface area contributed by atoms with Gasteiger partial charge < -0.3 is 26.4 Å². The lowest BCUT2D eigenvalue weighted by atomic mass is 10.00. The normalized spacial score (nSPS) is 12.7. The number of benzene rings is 1. The van der Waals surface area contributed by atoms with Gasteiger partial charge in [-0.25, -0.2) is 22.9 Å². The highest BCUT2D eigenvalue weighted by atomic mass is 19.1. The molecule has 15 heteroatoms. The number of hydrogen-bond acceptors (Lipinski definition) is 9. The van der Waals surface area contributed by atoms with Crippen molar-refractivity contribution in [1.29, 1.82) is 0 Å². The first-order valence-corrected chi connectivity index (χ1v) is 13.0. The number of carbonyl (C=O) groups excluding carboxylic acids is 2. The Balaban J connectivity index is 1.72. The standard InChI is InChI=1S/C28H30F3N9O3/c1-14-22(40-34-6-7-35-40)11-19(13-33-14)37-25-20(24(32)41)12-21(31)26(39-25)38-23(16-8-17(29)10-18(30)9-16)15(2)36-27(42)43-28(3,4)5/h6-13,15,23H,1-5H3,(H2,32,41)(H,36,42)(H2,37,38,39)/t15-,23-/m0/s1. The number of rotatable bonds is 9. The summed E-state index contributed by atoms with van der Waals surface area (Å²) in [4.78, 5) is 34.6. The second kappa shape index (κ2) is 12.3. The number of carbonyl (C=O) groups is 2. The Bertz CT molecular complexity index is 1620. The van der Waals surface area contributed by atoms with E-state index < -0.39 is 53.0 Å². The monoisotopic (exact) mass is 597 g/mol. The molecule has 0 bridgehead atoms. The quantitative estimate of drug-likeness (QED) is 0.214. The third kappa shape index (κ3) is 7.75. The number of nitrogens with one attached hydrogen (secondary N) is 3. The fraction of sp³-hybridized carbons (Fsp3) is 0.286. The number of aromatic nitrogens is 5. The summed E-state index contributed by atoms with van der Waals surface area (Å²) in [5.41, 5.74) is 5.90. The van der Waals surface area contributed by atoms with Gasteiger partial charge in [0.1, 0.15) is 28.7 Å². The van der Waals surface area contributed by atoms with Crippen LogP contribution in [0.25, 0.3) is 5.69 Å². The number of nitrogens with two attached hydrogens (primary N) is 1. The number of hydrogen-bond donors (Lipinski definition) is 4. The molecule has 0 saturated carbocycles. The lowest BCUT2D eigenvalue weighted by Gasteiger charge is -2.29. The summed E-state index contributed by atoms with van der Waals surface area (Å²) in [6, 6.07) is 3.22. The van der Waals surface area contributed by atoms with Crippen molar-refractivity contribution in [1.82, 2.24) is 30.3 Å². The fourth-order valence-electron chi connectivity index (χ4n) is 4.12. The highest BCUT2D eigenvalue weighted by Gasteiger charge is 2.27. The maximum absolute atomic E-state index is 15.4. The number of aryl methyl sites for hydroxylation is 1. The van der Waals surface area contributed by atoms with Crippen LogP contribution in [-0.4, -0.2) is 48.6 Å². The molecule has 12 nitrogen and oxygen atoms in total. The SMILES string of the molecule is Cc1ncc(Nc2nc(N[C@H](c3cc(F)cc(F)c3)[C@H](C)NC(=O)OC(C)(C)C)c(F)cc2C(N)=O)cc1-n1nccn1. The van der Waals surface area contributed by atoms with E-state index in [9.17, 15) is 18.4 Å². The van der Waals surface area contributed by atoms with Crippen molar-refractivity contribution < 1.29 is 27.5 Å². The molecule has 4 rings (SSSR count). The van der Waals surface area contributed by atoms with Gasteiger partial charge in [-0.1, -0.05) is 0 Å². The molecule has 5 N–H and O–H groups in total. The predicted octanol–water partition coefficient (Wildman–Crippen LogP) is 4.69. The maximum Gasteiger partial charge on any atom is 0.407 e. The van der Waals surface area contributed by atoms with Crippen molar-refractivity contribution >= 4 is 29.3 Å². The van der Waals surface area contributed by atoms with Crippen LogP contribution in [0.4, 0.5) is 35.3 Å². The zero-order valence-electron chi connectivity index (χ0n) is 23.9. The maximum atomic E-state index is 15.4. The molecule has 0 fully saturated rings. The highest BCUT2D eigenvalue weighted by molar-refractivity contribution is 5.98. The van der Waals surface area contributed by atoms with Crippen LogP contribution in [0.5, 0.6) is 0 Å². The first-order chi connectivity index (χ1) is 20.2. The molecular formula is C28H30F3N9O3. The number of amides is 2. The Hall–Kier alpha value is -5.21. The fourth-order valence-corrected chi connectivity index (χ4v) is 4.12. The third-order valence-electron chi connectivity index (χ3n) is 5.98. The summed E-state index contributed by atoms with van der Waals surface area (Å²) >= 11 is 0. The molecule has 0 aliphatic rings. The number of halogens is 3. The van der Waals surface area contributed by atoms with Crippen molar-refractivity contribution in [2.75, 3.05) is 10.6 Å². The van der Waals surface area contributed by atoms with E-state index in [0.717, 1.165) is 18.2 Å². The van der Waals surface area contributed by atoms with Gasteiger partial charge in [-0.15, -0.1) is 4.80 Å². The molecule has 3 heterocycles. The summed E-state index contributed by atoms with van der Waals surface area (Å²) < 4.78 is 49.1. The number of primary amides is 1. The number of anilines is 3. The van der Waals surface area contributed by atoms with Gasteiger partial charge >= 0.3 is 6.09 Å². The van der Waals surface area contributed by atoms with Crippen molar-refractivity contribution in [2.45, 2.75) is 52.3 Å². The van der Waals surface area contributed by atoms with Gasteiger partial charge in [0.15, 0.2) is 11.6 Å². The summed E-state index contributed by atoms with van der Waals surface area (Å²) in [5.74, 6) is -4.29. The molecule has 0 saturated heterocycles. The first kappa shape index (κ1) is 30.7. The smallest absolute Gasteiger partial charge is 0.407 e. The van der Waals surface area contributed by atoms with Gasteiger partial charge in [-0.3, -0.25) is 9.78 Å². The van der Waals surface area contributed by atoms with Crippen LogP contribution in [0.15, 0.2) is 48.9 Å². The Morgan fingerprint density at radius 1 is 1.00 bits per heavy atom. The van der Waals surface area contributed by atoms with E-state index in [-0.39, 0.29) is 16.9 Å². The van der Waals surface area contributed by atoms with Gasteiger partial charge in [0.2, 0.25) is 0 Å². The topological polar surface area (TPSA) is 162 Å². The molecule has 226 valence electrons. The minimum absolute atomic E-state index is 0.0369. The predicted molar refractivity (Wildman–Crippen MR) is 151 cm³/mol. The summed E-state index contributed by atoms with van der Waals surface area (Å²) in [6.45, 7) is 8.28. The van der Waals surface area contributed by atoms with Crippen LogP contribution >= 0.6 is 0 Å². The van der Waals surface area contributed by atoms with E-state index in [1.807, 2.05) is 0 Å². The molecule has 2 amide bonds. The lowest BCUT2D eigenvalue weighted by molar-refractivity contribution is 0.0503. The summed E-state index contributed by atoms with van der Waals surface area (Å²) in [7, 11) is 0. The van der Waals surface area contributed by atoms with E-state index in [4.69, 9.17) is 10.5 Å². The second-order valence-corrected chi connectivity index (χ2v) is 10.6. The molecule has 4 aromatic rings. The Morgan fingerprint density at radius 3 is 2.26 bits per heavy atom. The molecule has 43 heavy (non-hydrogen) atoms. The first-order valence-electron chi connectivity index (χ1n) is 13.0. The minimum atomic E-state index is -1.12. The van der Waals surface area contributed by atoms with Crippen LogP contribution < -0.4 is 21.7 Å². The Morgan fingerprint density at radius 2 is 1.65 bits per heavy atom. The van der Waals surface area contributed by atoms with Crippen LogP contribution in [0.3, 0.4) is 0 Å². The van der Waals surface area contributed by atoms with Crippen LogP contribution in [-0.2, 0) is 4.74 Å². The highest BCUT2D eigenvalue weighted by Crippen LogP contribution is 2.29. The van der Waals surface area contributed by atoms with E-state index >= 15 is 4.39 Å². The Labute approximate surface area is 244 Å². The minimum Gasteiger partial charge on any atom is -0.444 e. The van der Waals surface area contributed by atoms with E-state index in [1.54, 1.807) is 33.8 Å². The van der Waals surface area contributed by atoms with Crippen LogP contribution in [0.1, 0.15) is 55.4 Å². The van der Waals surface area contributed by atoms with Gasteiger partial charge in [0.25, 0.3) is 5.91 Å². The van der Waals surface area contributed by atoms with Crippen molar-refractivity contribution in [3.8, 4) is 5.69 Å². The Kier molecular flexibility index (Phi) is 8.82. The molecule has 1 aromatic carbocycles. The van der Waals surface area contributed by atoms with Crippen molar-refractivity contribution in [3.63, 3.8) is 0 Å². The molecule has 0 radical (unpaired) electrons. The summed E-state index contributed by atoms with van der Waals surface area (Å²) in [5, 5.41) is 16.5. The van der Waals surface area contributed by atoms with Crippen molar-refractivity contribution in [2.24, 2.45) is 5.73 Å². The zero-order chi connectivity index (χ0) is 31.5. The molecule has 0 aliphatic carbocycles. The van der Waals surface area contributed by atoms with E-state index in [1.165, 1.54) is 30.3 Å². The number of pyridine rings is 2. The zero-order valence-corrected chi connectivity index (χ0v) is 23.9. The van der Waals surface area contributed by atoms with Gasteiger partial charge in [-0.2, -0.15) is 10.2 Å². The number of nitrogens with zero attached hydrogens (tertiary/aromatic N) is 5. The second-order valence-electron chi connectivity index (χ2n) is 10.6. The van der Waals surface area contributed by atoms with Crippen LogP contribution in [0.2, 0.25) is 0 Å². The van der Waals surface area contributed by atoms with E-state index in [2.05, 4.69) is 36.1 Å².